The summed E-state index contributed by atoms with van der Waals surface area (Å²) in [5.74, 6) is 1.19. The van der Waals surface area contributed by atoms with E-state index in [1.54, 1.807) is 45.4 Å². The first-order chi connectivity index (χ1) is 9.19. The zero-order valence-electron chi connectivity index (χ0n) is 11.5. The first-order valence-electron chi connectivity index (χ1n) is 6.14. The van der Waals surface area contributed by atoms with Gasteiger partial charge in [-0.1, -0.05) is 6.92 Å². The number of hydrogen-bond donors (Lipinski definition) is 0. The van der Waals surface area contributed by atoms with Crippen molar-refractivity contribution in [2.45, 2.75) is 19.4 Å². The Morgan fingerprint density at radius 3 is 2.26 bits per heavy atom. The highest BCUT2D eigenvalue weighted by atomic mass is 16.6. The summed E-state index contributed by atoms with van der Waals surface area (Å²) in [4.78, 5) is 11.2. The molecule has 1 rings (SSSR count). The highest BCUT2D eigenvalue weighted by Crippen LogP contribution is 2.17. The van der Waals surface area contributed by atoms with Gasteiger partial charge in [-0.25, -0.2) is 0 Å². The van der Waals surface area contributed by atoms with E-state index >= 15 is 0 Å². The number of hydrogen-bond acceptors (Lipinski definition) is 5. The Labute approximate surface area is 113 Å². The molecule has 0 radical (unpaired) electrons. The lowest BCUT2D eigenvalue weighted by atomic mass is 10.3. The van der Waals surface area contributed by atoms with Crippen molar-refractivity contribution in [2.75, 3.05) is 27.4 Å². The van der Waals surface area contributed by atoms with E-state index in [-0.39, 0.29) is 12.6 Å². The largest absolute Gasteiger partial charge is 0.497 e. The van der Waals surface area contributed by atoms with Crippen LogP contribution < -0.4 is 9.47 Å². The van der Waals surface area contributed by atoms with E-state index in [2.05, 4.69) is 0 Å². The third kappa shape index (κ3) is 5.61. The molecule has 0 spiro atoms. The summed E-state index contributed by atoms with van der Waals surface area (Å²) < 4.78 is 20.8. The van der Waals surface area contributed by atoms with Crippen LogP contribution in [0.15, 0.2) is 24.3 Å². The first kappa shape index (κ1) is 15.3. The molecular weight excluding hydrogens is 248 g/mol. The van der Waals surface area contributed by atoms with Crippen LogP contribution in [0, 0.1) is 0 Å². The zero-order valence-corrected chi connectivity index (χ0v) is 11.5. The first-order valence-corrected chi connectivity index (χ1v) is 6.14. The molecule has 19 heavy (non-hydrogen) atoms. The number of carbonyl (C=O) groups is 1. The van der Waals surface area contributed by atoms with E-state index in [1.807, 2.05) is 0 Å². The summed E-state index contributed by atoms with van der Waals surface area (Å²) in [5, 5.41) is 0. The lowest BCUT2D eigenvalue weighted by Crippen LogP contribution is -2.29. The van der Waals surface area contributed by atoms with Crippen LogP contribution in [-0.2, 0) is 14.3 Å². The summed E-state index contributed by atoms with van der Waals surface area (Å²) in [7, 11) is 3.16. The van der Waals surface area contributed by atoms with Crippen molar-refractivity contribution < 1.29 is 23.7 Å². The molecule has 106 valence electrons. The molecule has 0 bridgehead atoms. The lowest BCUT2D eigenvalue weighted by Gasteiger charge is -2.17. The predicted octanol–water partition coefficient (Wildman–Crippen LogP) is 2.04. The monoisotopic (exact) mass is 268 g/mol. The van der Waals surface area contributed by atoms with Crippen LogP contribution in [-0.4, -0.2) is 39.5 Å². The summed E-state index contributed by atoms with van der Waals surface area (Å²) >= 11 is 0. The van der Waals surface area contributed by atoms with E-state index in [0.717, 1.165) is 5.75 Å². The highest BCUT2D eigenvalue weighted by Gasteiger charge is 2.14. The second kappa shape index (κ2) is 8.37. The van der Waals surface area contributed by atoms with Crippen LogP contribution in [0.5, 0.6) is 11.5 Å². The molecule has 1 aromatic rings. The Kier molecular flexibility index (Phi) is 6.74. The van der Waals surface area contributed by atoms with Crippen LogP contribution >= 0.6 is 0 Å². The molecule has 0 N–H and O–H groups in total. The molecule has 0 amide bonds. The van der Waals surface area contributed by atoms with Crippen molar-refractivity contribution >= 4 is 5.97 Å². The average molecular weight is 268 g/mol. The molecule has 0 saturated carbocycles. The van der Waals surface area contributed by atoms with Crippen LogP contribution in [0.1, 0.15) is 13.3 Å². The molecular formula is C14H20O5. The summed E-state index contributed by atoms with van der Waals surface area (Å²) in [6, 6.07) is 7.20. The molecule has 0 aliphatic heterocycles. The van der Waals surface area contributed by atoms with E-state index in [1.165, 1.54) is 0 Å². The zero-order chi connectivity index (χ0) is 14.1. The van der Waals surface area contributed by atoms with Crippen LogP contribution in [0.2, 0.25) is 0 Å². The minimum absolute atomic E-state index is 0.256. The SMILES string of the molecule is CCC(=O)OC(COC)COc1ccc(OC)cc1. The normalized spacial score (nSPS) is 11.7. The van der Waals surface area contributed by atoms with Gasteiger partial charge in [0.05, 0.1) is 13.7 Å². The molecule has 0 heterocycles. The van der Waals surface area contributed by atoms with Crippen molar-refractivity contribution in [3.63, 3.8) is 0 Å². The molecule has 1 aromatic carbocycles. The van der Waals surface area contributed by atoms with Gasteiger partial charge in [-0.2, -0.15) is 0 Å². The Hall–Kier alpha value is -1.75. The molecule has 0 aromatic heterocycles. The number of methoxy groups -OCH3 is 2. The fraction of sp³-hybridized carbons (Fsp3) is 0.500. The number of rotatable bonds is 8. The van der Waals surface area contributed by atoms with Gasteiger partial charge in [-0.15, -0.1) is 0 Å². The van der Waals surface area contributed by atoms with Crippen molar-refractivity contribution in [2.24, 2.45) is 0 Å². The minimum Gasteiger partial charge on any atom is -0.497 e. The van der Waals surface area contributed by atoms with Gasteiger partial charge in [0, 0.05) is 13.5 Å². The van der Waals surface area contributed by atoms with E-state index in [4.69, 9.17) is 18.9 Å². The van der Waals surface area contributed by atoms with Crippen LogP contribution in [0.3, 0.4) is 0 Å². The number of ether oxygens (including phenoxy) is 4. The quantitative estimate of drug-likeness (QED) is 0.675. The third-order valence-corrected chi connectivity index (χ3v) is 2.43. The fourth-order valence-corrected chi connectivity index (χ4v) is 1.43. The molecule has 0 aliphatic rings. The van der Waals surface area contributed by atoms with Gasteiger partial charge in [-0.3, -0.25) is 4.79 Å². The summed E-state index contributed by atoms with van der Waals surface area (Å²) in [6.07, 6.45) is -0.0671. The Morgan fingerprint density at radius 1 is 1.11 bits per heavy atom. The van der Waals surface area contributed by atoms with Gasteiger partial charge in [0.25, 0.3) is 0 Å². The number of esters is 1. The van der Waals surface area contributed by atoms with Gasteiger partial charge >= 0.3 is 5.97 Å². The van der Waals surface area contributed by atoms with Gasteiger partial charge in [0.15, 0.2) is 6.10 Å². The van der Waals surface area contributed by atoms with Crippen molar-refractivity contribution in [1.29, 1.82) is 0 Å². The lowest BCUT2D eigenvalue weighted by molar-refractivity contribution is -0.153. The molecule has 1 atom stereocenters. The molecule has 0 saturated heterocycles. The summed E-state index contributed by atoms with van der Waals surface area (Å²) in [6.45, 7) is 2.31. The second-order valence-electron chi connectivity index (χ2n) is 3.91. The molecule has 1 unspecified atom stereocenters. The average Bonchev–Trinajstić information content (AvgIpc) is 2.45. The van der Waals surface area contributed by atoms with E-state index in [9.17, 15) is 4.79 Å². The summed E-state index contributed by atoms with van der Waals surface area (Å²) in [5.41, 5.74) is 0. The van der Waals surface area contributed by atoms with Crippen molar-refractivity contribution in [3.8, 4) is 11.5 Å². The maximum Gasteiger partial charge on any atom is 0.305 e. The molecule has 0 aliphatic carbocycles. The van der Waals surface area contributed by atoms with Crippen molar-refractivity contribution in [3.05, 3.63) is 24.3 Å². The topological polar surface area (TPSA) is 54.0 Å². The van der Waals surface area contributed by atoms with Crippen LogP contribution in [0.4, 0.5) is 0 Å². The molecule has 0 fully saturated rings. The molecule has 5 nitrogen and oxygen atoms in total. The Morgan fingerprint density at radius 2 is 1.74 bits per heavy atom. The minimum atomic E-state index is -0.403. The Bertz CT molecular complexity index is 374. The number of carbonyl (C=O) groups excluding carboxylic acids is 1. The van der Waals surface area contributed by atoms with Gasteiger partial charge < -0.3 is 18.9 Å². The maximum atomic E-state index is 11.2. The van der Waals surface area contributed by atoms with Crippen molar-refractivity contribution in [1.82, 2.24) is 0 Å². The number of benzene rings is 1. The predicted molar refractivity (Wildman–Crippen MR) is 70.5 cm³/mol. The second-order valence-corrected chi connectivity index (χ2v) is 3.91. The van der Waals surface area contributed by atoms with Gasteiger partial charge in [0.1, 0.15) is 18.1 Å². The highest BCUT2D eigenvalue weighted by molar-refractivity contribution is 5.69. The maximum absolute atomic E-state index is 11.2. The Balaban J connectivity index is 2.47. The molecule has 5 heteroatoms. The van der Waals surface area contributed by atoms with E-state index < -0.39 is 6.10 Å². The van der Waals surface area contributed by atoms with Gasteiger partial charge in [0.2, 0.25) is 0 Å². The standard InChI is InChI=1S/C14H20O5/c1-4-14(15)19-13(9-16-2)10-18-12-7-5-11(17-3)6-8-12/h5-8,13H,4,9-10H2,1-3H3. The van der Waals surface area contributed by atoms with Crippen LogP contribution in [0.25, 0.3) is 0 Å². The fourth-order valence-electron chi connectivity index (χ4n) is 1.43. The van der Waals surface area contributed by atoms with E-state index in [0.29, 0.717) is 18.8 Å². The van der Waals surface area contributed by atoms with Gasteiger partial charge in [-0.05, 0) is 24.3 Å². The third-order valence-electron chi connectivity index (χ3n) is 2.43. The smallest absolute Gasteiger partial charge is 0.305 e.